The average molecular weight is 398 g/mol. The predicted molar refractivity (Wildman–Crippen MR) is 105 cm³/mol. The third kappa shape index (κ3) is 3.51. The molecule has 0 radical (unpaired) electrons. The maximum absolute atomic E-state index is 13.6. The maximum Gasteiger partial charge on any atom is 0.240 e. The van der Waals surface area contributed by atoms with E-state index in [0.717, 1.165) is 31.4 Å². The van der Waals surface area contributed by atoms with Crippen molar-refractivity contribution >= 4 is 11.8 Å². The van der Waals surface area contributed by atoms with Gasteiger partial charge in [-0.3, -0.25) is 14.5 Å². The van der Waals surface area contributed by atoms with Gasteiger partial charge in [-0.1, -0.05) is 19.1 Å². The summed E-state index contributed by atoms with van der Waals surface area (Å²) in [6, 6.07) is 8.04. The lowest BCUT2D eigenvalue weighted by Crippen LogP contribution is -2.53. The molecular formula is C22H27FN4O2. The van der Waals surface area contributed by atoms with Crippen LogP contribution in [0.3, 0.4) is 0 Å². The molecule has 1 unspecified atom stereocenters. The summed E-state index contributed by atoms with van der Waals surface area (Å²) in [6.07, 6.45) is 2.37. The highest BCUT2D eigenvalue weighted by Crippen LogP contribution is 2.38. The molecule has 7 heteroatoms. The Morgan fingerprint density at radius 1 is 1.38 bits per heavy atom. The highest BCUT2D eigenvalue weighted by Gasteiger charge is 2.51. The summed E-state index contributed by atoms with van der Waals surface area (Å²) in [4.78, 5) is 31.5. The van der Waals surface area contributed by atoms with Gasteiger partial charge in [0.25, 0.3) is 0 Å². The third-order valence-electron chi connectivity index (χ3n) is 6.68. The zero-order valence-electron chi connectivity index (χ0n) is 16.9. The number of hydrogen-bond donors (Lipinski definition) is 0. The summed E-state index contributed by atoms with van der Waals surface area (Å²) in [5.74, 6) is -0.467. The molecule has 1 aromatic rings. The fraction of sp³-hybridized carbons (Fsp3) is 0.591. The van der Waals surface area contributed by atoms with Gasteiger partial charge in [-0.15, -0.1) is 0 Å². The van der Waals surface area contributed by atoms with Crippen molar-refractivity contribution in [3.8, 4) is 6.07 Å². The van der Waals surface area contributed by atoms with Crippen LogP contribution >= 0.6 is 0 Å². The molecule has 29 heavy (non-hydrogen) atoms. The Morgan fingerprint density at radius 3 is 2.86 bits per heavy atom. The second-order valence-corrected chi connectivity index (χ2v) is 8.56. The first-order valence-corrected chi connectivity index (χ1v) is 10.4. The van der Waals surface area contributed by atoms with Crippen LogP contribution in [0.15, 0.2) is 24.3 Å². The van der Waals surface area contributed by atoms with Gasteiger partial charge in [0.2, 0.25) is 11.8 Å². The van der Waals surface area contributed by atoms with Crippen molar-refractivity contribution in [2.24, 2.45) is 5.92 Å². The highest BCUT2D eigenvalue weighted by atomic mass is 19.1. The normalized spacial score (nSPS) is 28.6. The van der Waals surface area contributed by atoms with Crippen LogP contribution < -0.4 is 0 Å². The van der Waals surface area contributed by atoms with E-state index in [0.29, 0.717) is 13.1 Å². The first-order valence-electron chi connectivity index (χ1n) is 10.4. The van der Waals surface area contributed by atoms with Gasteiger partial charge >= 0.3 is 0 Å². The van der Waals surface area contributed by atoms with Crippen molar-refractivity contribution in [2.45, 2.75) is 57.3 Å². The largest absolute Gasteiger partial charge is 0.330 e. The van der Waals surface area contributed by atoms with Crippen molar-refractivity contribution in [3.63, 3.8) is 0 Å². The van der Waals surface area contributed by atoms with Crippen LogP contribution in [-0.4, -0.2) is 64.3 Å². The molecule has 154 valence electrons. The van der Waals surface area contributed by atoms with Gasteiger partial charge in [-0.2, -0.15) is 5.26 Å². The van der Waals surface area contributed by atoms with Crippen molar-refractivity contribution in [2.75, 3.05) is 19.6 Å². The van der Waals surface area contributed by atoms with Gasteiger partial charge in [-0.25, -0.2) is 4.39 Å². The Labute approximate surface area is 170 Å². The van der Waals surface area contributed by atoms with Crippen molar-refractivity contribution in [1.29, 1.82) is 5.26 Å². The van der Waals surface area contributed by atoms with E-state index in [1.165, 1.54) is 12.1 Å². The van der Waals surface area contributed by atoms with Crippen LogP contribution in [0.25, 0.3) is 0 Å². The lowest BCUT2D eigenvalue weighted by atomic mass is 10.0. The zero-order chi connectivity index (χ0) is 20.7. The van der Waals surface area contributed by atoms with Gasteiger partial charge in [0.1, 0.15) is 11.9 Å². The fourth-order valence-electron chi connectivity index (χ4n) is 5.20. The number of piperazine rings is 1. The van der Waals surface area contributed by atoms with Gasteiger partial charge in [-0.05, 0) is 43.9 Å². The summed E-state index contributed by atoms with van der Waals surface area (Å²) in [5.41, 5.74) is 0.803. The minimum atomic E-state index is -0.316. The van der Waals surface area contributed by atoms with E-state index >= 15 is 0 Å². The first-order chi connectivity index (χ1) is 13.9. The third-order valence-corrected chi connectivity index (χ3v) is 6.68. The number of benzene rings is 1. The van der Waals surface area contributed by atoms with Gasteiger partial charge in [0.05, 0.1) is 18.2 Å². The summed E-state index contributed by atoms with van der Waals surface area (Å²) >= 11 is 0. The number of amides is 2. The van der Waals surface area contributed by atoms with Crippen molar-refractivity contribution in [1.82, 2.24) is 14.7 Å². The molecule has 0 aliphatic carbocycles. The molecule has 0 saturated carbocycles. The van der Waals surface area contributed by atoms with Crippen LogP contribution in [0.4, 0.5) is 4.39 Å². The second kappa shape index (κ2) is 7.75. The molecule has 3 saturated heterocycles. The Hall–Kier alpha value is -2.46. The molecule has 0 spiro atoms. The van der Waals surface area contributed by atoms with Crippen molar-refractivity contribution < 1.29 is 14.0 Å². The minimum absolute atomic E-state index is 0.00857. The topological polar surface area (TPSA) is 67.7 Å². The Kier molecular flexibility index (Phi) is 5.30. The predicted octanol–water partition coefficient (Wildman–Crippen LogP) is 2.32. The quantitative estimate of drug-likeness (QED) is 0.763. The second-order valence-electron chi connectivity index (χ2n) is 8.56. The number of nitrogens with zero attached hydrogens (tertiary/aromatic N) is 4. The van der Waals surface area contributed by atoms with Crippen molar-refractivity contribution in [3.05, 3.63) is 35.6 Å². The molecular weight excluding hydrogens is 371 g/mol. The number of carbonyl (C=O) groups is 2. The summed E-state index contributed by atoms with van der Waals surface area (Å²) < 4.78 is 13.6. The highest BCUT2D eigenvalue weighted by molar-refractivity contribution is 5.86. The molecule has 6 nitrogen and oxygen atoms in total. The molecule has 0 N–H and O–H groups in total. The first kappa shape index (κ1) is 19.8. The van der Waals surface area contributed by atoms with Crippen LogP contribution in [0.1, 0.15) is 44.7 Å². The number of rotatable bonds is 5. The molecule has 4 rings (SSSR count). The lowest BCUT2D eigenvalue weighted by Gasteiger charge is -2.38. The van der Waals surface area contributed by atoms with Crippen LogP contribution in [0, 0.1) is 23.1 Å². The summed E-state index contributed by atoms with van der Waals surface area (Å²) in [6.45, 7) is 5.74. The SMILES string of the molecule is C[C@@H](CN1CC2C[C@H]1C(=O)N2[C@@H](C)c1cccc(F)c1)C(=O)N1CCC[C@H]1C#N. The standard InChI is InChI=1S/C22H27FN4O2/c1-14(21(28)26-8-4-7-18(26)11-24)12-25-13-19-10-20(25)22(29)27(19)15(2)16-5-3-6-17(23)9-16/h3,5-6,9,14-15,18-20H,4,7-8,10,12-13H2,1-2H3/t14-,15-,18-,19?,20-/m0/s1. The maximum atomic E-state index is 13.6. The molecule has 0 aromatic heterocycles. The van der Waals surface area contributed by atoms with Gasteiger partial charge in [0, 0.05) is 31.6 Å². The van der Waals surface area contributed by atoms with Gasteiger partial charge < -0.3 is 9.80 Å². The van der Waals surface area contributed by atoms with E-state index in [-0.39, 0.29) is 47.7 Å². The van der Waals surface area contributed by atoms with Crippen LogP contribution in [0.5, 0.6) is 0 Å². The molecule has 3 heterocycles. The molecule has 3 aliphatic rings. The molecule has 2 bridgehead atoms. The minimum Gasteiger partial charge on any atom is -0.330 e. The van der Waals surface area contributed by atoms with E-state index in [4.69, 9.17) is 0 Å². The Balaban J connectivity index is 1.40. The number of nitriles is 1. The number of carbonyl (C=O) groups excluding carboxylic acids is 2. The zero-order valence-corrected chi connectivity index (χ0v) is 16.9. The van der Waals surface area contributed by atoms with E-state index in [2.05, 4.69) is 11.0 Å². The summed E-state index contributed by atoms with van der Waals surface area (Å²) in [7, 11) is 0. The number of likely N-dealkylation sites (tertiary alicyclic amines) is 3. The number of halogens is 1. The van der Waals surface area contributed by atoms with Crippen LogP contribution in [-0.2, 0) is 9.59 Å². The van der Waals surface area contributed by atoms with E-state index in [1.807, 2.05) is 24.8 Å². The molecule has 3 fully saturated rings. The molecule has 1 aromatic carbocycles. The average Bonchev–Trinajstić information content (AvgIpc) is 3.41. The summed E-state index contributed by atoms with van der Waals surface area (Å²) in [5, 5.41) is 9.24. The van der Waals surface area contributed by atoms with Gasteiger partial charge in [0.15, 0.2) is 0 Å². The Morgan fingerprint density at radius 2 is 2.17 bits per heavy atom. The lowest BCUT2D eigenvalue weighted by molar-refractivity contribution is -0.142. The van der Waals surface area contributed by atoms with Crippen LogP contribution in [0.2, 0.25) is 0 Å². The smallest absolute Gasteiger partial charge is 0.240 e. The van der Waals surface area contributed by atoms with E-state index < -0.39 is 0 Å². The fourth-order valence-corrected chi connectivity index (χ4v) is 5.20. The van der Waals surface area contributed by atoms with E-state index in [1.54, 1.807) is 11.0 Å². The number of fused-ring (bicyclic) bond motifs is 2. The monoisotopic (exact) mass is 398 g/mol. The molecule has 2 amide bonds. The Bertz CT molecular complexity index is 853. The van der Waals surface area contributed by atoms with E-state index in [9.17, 15) is 19.2 Å². The molecule has 3 aliphatic heterocycles. The number of hydrogen-bond acceptors (Lipinski definition) is 4. The molecule has 5 atom stereocenters.